The fraction of sp³-hybridized carbons (Fsp3) is 0.571. The van der Waals surface area contributed by atoms with Crippen molar-refractivity contribution in [3.8, 4) is 5.75 Å². The number of hydrogen-bond acceptors (Lipinski definition) is 4. The van der Waals surface area contributed by atoms with Crippen molar-refractivity contribution in [1.82, 2.24) is 13.9 Å². The Bertz CT molecular complexity index is 583. The van der Waals surface area contributed by atoms with Crippen LogP contribution in [-0.2, 0) is 16.8 Å². The van der Waals surface area contributed by atoms with Gasteiger partial charge in [0, 0.05) is 45.3 Å². The van der Waals surface area contributed by atoms with E-state index in [1.54, 1.807) is 14.2 Å². The molecule has 1 fully saturated rings. The van der Waals surface area contributed by atoms with Gasteiger partial charge in [-0.25, -0.2) is 0 Å². The summed E-state index contributed by atoms with van der Waals surface area (Å²) < 4.78 is 33.3. The van der Waals surface area contributed by atoms with Gasteiger partial charge in [0.15, 0.2) is 0 Å². The molecule has 1 aromatic rings. The molecule has 2 rings (SSSR count). The van der Waals surface area contributed by atoms with Gasteiger partial charge in [-0.15, -0.1) is 0 Å². The molecule has 1 aliphatic heterocycles. The molecule has 1 aromatic carbocycles. The van der Waals surface area contributed by atoms with E-state index in [0.29, 0.717) is 38.5 Å². The Kier molecular flexibility index (Phi) is 5.21. The van der Waals surface area contributed by atoms with E-state index in [1.807, 2.05) is 25.1 Å². The average molecular weight is 313 g/mol. The number of hydrogen-bond donors (Lipinski definition) is 1. The van der Waals surface area contributed by atoms with Crippen LogP contribution in [0.5, 0.6) is 5.75 Å². The summed E-state index contributed by atoms with van der Waals surface area (Å²) in [5.41, 5.74) is 1.96. The molecule has 118 valence electrons. The van der Waals surface area contributed by atoms with Crippen molar-refractivity contribution < 1.29 is 13.2 Å². The molecule has 1 aliphatic rings. The first-order valence-corrected chi connectivity index (χ1v) is 8.40. The van der Waals surface area contributed by atoms with E-state index in [0.717, 1.165) is 11.1 Å². The third kappa shape index (κ3) is 3.74. The van der Waals surface area contributed by atoms with E-state index in [2.05, 4.69) is 5.32 Å². The summed E-state index contributed by atoms with van der Waals surface area (Å²) in [6.07, 6.45) is 0. The van der Waals surface area contributed by atoms with E-state index in [-0.39, 0.29) is 0 Å². The Morgan fingerprint density at radius 1 is 1.33 bits per heavy atom. The van der Waals surface area contributed by atoms with E-state index in [1.165, 1.54) is 8.61 Å². The number of piperazine rings is 1. The molecule has 0 bridgehead atoms. The van der Waals surface area contributed by atoms with Gasteiger partial charge in [-0.2, -0.15) is 17.0 Å². The van der Waals surface area contributed by atoms with E-state index in [9.17, 15) is 8.42 Å². The molecule has 0 unspecified atom stereocenters. The monoisotopic (exact) mass is 313 g/mol. The number of aryl methyl sites for hydroxylation is 1. The van der Waals surface area contributed by atoms with Gasteiger partial charge in [-0.1, -0.05) is 17.7 Å². The van der Waals surface area contributed by atoms with Gasteiger partial charge >= 0.3 is 0 Å². The molecule has 1 heterocycles. The van der Waals surface area contributed by atoms with Crippen LogP contribution >= 0.6 is 0 Å². The van der Waals surface area contributed by atoms with Crippen LogP contribution in [0, 0.1) is 6.92 Å². The van der Waals surface area contributed by atoms with Gasteiger partial charge in [0.1, 0.15) is 5.75 Å². The second-order valence-corrected chi connectivity index (χ2v) is 7.26. The Morgan fingerprint density at radius 2 is 2.00 bits per heavy atom. The number of methoxy groups -OCH3 is 1. The van der Waals surface area contributed by atoms with Crippen molar-refractivity contribution in [3.63, 3.8) is 0 Å². The highest BCUT2D eigenvalue weighted by Gasteiger charge is 2.28. The summed E-state index contributed by atoms with van der Waals surface area (Å²) in [7, 11) is -0.220. The second-order valence-electron chi connectivity index (χ2n) is 5.23. The molecule has 21 heavy (non-hydrogen) atoms. The zero-order chi connectivity index (χ0) is 15.5. The van der Waals surface area contributed by atoms with E-state index >= 15 is 0 Å². The topological polar surface area (TPSA) is 61.9 Å². The van der Waals surface area contributed by atoms with Crippen LogP contribution in [0.25, 0.3) is 0 Å². The lowest BCUT2D eigenvalue weighted by Gasteiger charge is -2.30. The maximum Gasteiger partial charge on any atom is 0.282 e. The van der Waals surface area contributed by atoms with Crippen molar-refractivity contribution in [2.75, 3.05) is 40.3 Å². The predicted octanol–water partition coefficient (Wildman–Crippen LogP) is 0.585. The molecule has 0 amide bonds. The maximum absolute atomic E-state index is 12.6. The Hall–Kier alpha value is -1.15. The largest absolute Gasteiger partial charge is 0.496 e. The van der Waals surface area contributed by atoms with Crippen LogP contribution in [0.2, 0.25) is 0 Å². The third-order valence-electron chi connectivity index (χ3n) is 3.63. The minimum atomic E-state index is -3.43. The molecule has 6 nitrogen and oxygen atoms in total. The SMILES string of the molecule is COc1ccc(C)cc1CN(C)S(=O)(=O)N1CCNCC1. The van der Waals surface area contributed by atoms with Crippen molar-refractivity contribution in [1.29, 1.82) is 0 Å². The fourth-order valence-electron chi connectivity index (χ4n) is 2.42. The maximum atomic E-state index is 12.6. The number of rotatable bonds is 5. The Balaban J connectivity index is 2.16. The fourth-order valence-corrected chi connectivity index (χ4v) is 3.77. The highest BCUT2D eigenvalue weighted by atomic mass is 32.2. The highest BCUT2D eigenvalue weighted by Crippen LogP contribution is 2.22. The van der Waals surface area contributed by atoms with E-state index < -0.39 is 10.2 Å². The van der Waals surface area contributed by atoms with Gasteiger partial charge in [-0.05, 0) is 13.0 Å². The lowest BCUT2D eigenvalue weighted by molar-refractivity contribution is 0.322. The van der Waals surface area contributed by atoms with Crippen LogP contribution in [0.3, 0.4) is 0 Å². The molecule has 0 saturated carbocycles. The Morgan fingerprint density at radius 3 is 2.62 bits per heavy atom. The van der Waals surface area contributed by atoms with Gasteiger partial charge in [-0.3, -0.25) is 0 Å². The standard InChI is InChI=1S/C14H23N3O3S/c1-12-4-5-14(20-3)13(10-12)11-16(2)21(18,19)17-8-6-15-7-9-17/h4-5,10,15H,6-9,11H2,1-3H3. The highest BCUT2D eigenvalue weighted by molar-refractivity contribution is 7.86. The molecule has 1 N–H and O–H groups in total. The van der Waals surface area contributed by atoms with Crippen LogP contribution < -0.4 is 10.1 Å². The molecule has 0 atom stereocenters. The summed E-state index contributed by atoms with van der Waals surface area (Å²) in [5, 5.41) is 3.16. The summed E-state index contributed by atoms with van der Waals surface area (Å²) in [6, 6.07) is 5.78. The van der Waals surface area contributed by atoms with E-state index in [4.69, 9.17) is 4.74 Å². The number of nitrogens with zero attached hydrogens (tertiary/aromatic N) is 2. The van der Waals surface area contributed by atoms with Crippen molar-refractivity contribution in [3.05, 3.63) is 29.3 Å². The molecule has 0 radical (unpaired) electrons. The molecule has 1 saturated heterocycles. The zero-order valence-electron chi connectivity index (χ0n) is 12.8. The minimum Gasteiger partial charge on any atom is -0.496 e. The molecule has 7 heteroatoms. The van der Waals surface area contributed by atoms with Crippen molar-refractivity contribution in [2.24, 2.45) is 0 Å². The lowest BCUT2D eigenvalue weighted by atomic mass is 10.1. The molecular formula is C14H23N3O3S. The molecule has 0 aromatic heterocycles. The number of nitrogens with one attached hydrogen (secondary N) is 1. The summed E-state index contributed by atoms with van der Waals surface area (Å²) in [6.45, 7) is 4.70. The van der Waals surface area contributed by atoms with Crippen molar-refractivity contribution in [2.45, 2.75) is 13.5 Å². The molecule has 0 spiro atoms. The van der Waals surface area contributed by atoms with Crippen LogP contribution in [-0.4, -0.2) is 57.4 Å². The summed E-state index contributed by atoms with van der Waals surface area (Å²) >= 11 is 0. The van der Waals surface area contributed by atoms with Crippen LogP contribution in [0.15, 0.2) is 18.2 Å². The summed E-state index contributed by atoms with van der Waals surface area (Å²) in [5.74, 6) is 0.711. The summed E-state index contributed by atoms with van der Waals surface area (Å²) in [4.78, 5) is 0. The number of ether oxygens (including phenoxy) is 1. The quantitative estimate of drug-likeness (QED) is 0.864. The van der Waals surface area contributed by atoms with Crippen molar-refractivity contribution >= 4 is 10.2 Å². The average Bonchev–Trinajstić information content (AvgIpc) is 2.48. The zero-order valence-corrected chi connectivity index (χ0v) is 13.6. The predicted molar refractivity (Wildman–Crippen MR) is 82.6 cm³/mol. The number of benzene rings is 1. The third-order valence-corrected chi connectivity index (χ3v) is 5.56. The Labute approximate surface area is 126 Å². The van der Waals surface area contributed by atoms with Crippen LogP contribution in [0.1, 0.15) is 11.1 Å². The van der Waals surface area contributed by atoms with Gasteiger partial charge < -0.3 is 10.1 Å². The first-order valence-electron chi connectivity index (χ1n) is 7.01. The second kappa shape index (κ2) is 6.74. The normalized spacial score (nSPS) is 17.1. The van der Waals surface area contributed by atoms with Gasteiger partial charge in [0.2, 0.25) is 0 Å². The molecule has 0 aliphatic carbocycles. The smallest absolute Gasteiger partial charge is 0.282 e. The lowest BCUT2D eigenvalue weighted by Crippen LogP contribution is -2.50. The van der Waals surface area contributed by atoms with Gasteiger partial charge in [0.05, 0.1) is 7.11 Å². The van der Waals surface area contributed by atoms with Crippen LogP contribution in [0.4, 0.5) is 0 Å². The minimum absolute atomic E-state index is 0.303. The molecular weight excluding hydrogens is 290 g/mol. The first kappa shape index (κ1) is 16.2. The van der Waals surface area contributed by atoms with Gasteiger partial charge in [0.25, 0.3) is 10.2 Å². The first-order chi connectivity index (χ1) is 9.95.